The first kappa shape index (κ1) is 15.8. The Labute approximate surface area is 77.2 Å². The van der Waals surface area contributed by atoms with E-state index in [-0.39, 0.29) is 48.2 Å². The molecule has 0 atom stereocenters. The average Bonchev–Trinajstić information content (AvgIpc) is 0.918. The maximum absolute atomic E-state index is 7.32. The minimum absolute atomic E-state index is 0. The smallest absolute Gasteiger partial charge is 0 e. The van der Waals surface area contributed by atoms with Crippen LogP contribution in [0.3, 0.4) is 0 Å². The standard InChI is InChI=1S/CN.Hf.Ta.Ti/c1-2;;;. The first-order valence-electron chi connectivity index (χ1n) is 0.474. The summed E-state index contributed by atoms with van der Waals surface area (Å²) in [7, 11) is 0. The Balaban J connectivity index is -0.0000000200. The molecule has 4 heteroatoms. The molecular weight excluding hydrogens is 433 g/mol. The average molecular weight is 433 g/mol. The second-order valence-corrected chi connectivity index (χ2v) is 0.461. The molecule has 0 aliphatic carbocycles. The van der Waals surface area contributed by atoms with Gasteiger partial charge in [-0.15, -0.1) is 0 Å². The van der Waals surface area contributed by atoms with Crippen molar-refractivity contribution in [3.05, 3.63) is 0 Å². The van der Waals surface area contributed by atoms with E-state index >= 15 is 0 Å². The molecule has 0 aromatic carbocycles. The fraction of sp³-hybridized carbons (Fsp3) is 0. The molecular formula is CHfNTaTi. The molecule has 5 heavy (non-hydrogen) atoms. The first-order valence-corrected chi connectivity index (χ1v) is 1.25. The largest absolute Gasteiger partial charge is 0 e. The van der Waals surface area contributed by atoms with Crippen molar-refractivity contribution < 1.29 is 68.7 Å². The maximum Gasteiger partial charge on any atom is 0 e. The normalized spacial score (nSPS) is 1.20. The van der Waals surface area contributed by atoms with E-state index in [4.69, 9.17) is 5.26 Å². The van der Waals surface area contributed by atoms with Crippen molar-refractivity contribution in [1.82, 2.24) is 0 Å². The van der Waals surface area contributed by atoms with Gasteiger partial charge in [-0.3, -0.25) is 0 Å². The van der Waals surface area contributed by atoms with E-state index in [1.165, 1.54) is 20.4 Å². The number of hydrogen-bond donors (Lipinski definition) is 0. The van der Waals surface area contributed by atoms with Crippen LogP contribution in [0.1, 0.15) is 0 Å². The van der Waals surface area contributed by atoms with E-state index in [9.17, 15) is 0 Å². The molecule has 22 valence electrons. The predicted molar refractivity (Wildman–Crippen MR) is 5.61 cm³/mol. The van der Waals surface area contributed by atoms with Gasteiger partial charge in [0.25, 0.3) is 0 Å². The Bertz CT molecular complexity index is 33.1. The maximum atomic E-state index is 7.32. The summed E-state index contributed by atoms with van der Waals surface area (Å²) in [5.74, 6) is 0. The van der Waals surface area contributed by atoms with Crippen molar-refractivity contribution in [2.24, 2.45) is 0 Å². The van der Waals surface area contributed by atoms with Crippen LogP contribution >= 0.6 is 0 Å². The van der Waals surface area contributed by atoms with Crippen molar-refractivity contribution >= 4 is 0 Å². The Morgan fingerprint density at radius 1 is 1.60 bits per heavy atom. The van der Waals surface area contributed by atoms with Crippen LogP contribution in [0.2, 0.25) is 0 Å². The fourth-order valence-corrected chi connectivity index (χ4v) is 0. The van der Waals surface area contributed by atoms with Gasteiger partial charge in [-0.25, -0.2) is 0 Å². The van der Waals surface area contributed by atoms with Gasteiger partial charge in [0.1, 0.15) is 0 Å². The SMILES string of the molecule is N#[C][Ti].[Hf].[Ta]. The summed E-state index contributed by atoms with van der Waals surface area (Å²) in [6.45, 7) is 0. The van der Waals surface area contributed by atoms with Crippen molar-refractivity contribution in [2.45, 2.75) is 0 Å². The van der Waals surface area contributed by atoms with E-state index < -0.39 is 0 Å². The van der Waals surface area contributed by atoms with E-state index in [2.05, 4.69) is 0 Å². The van der Waals surface area contributed by atoms with Crippen LogP contribution < -0.4 is 0 Å². The van der Waals surface area contributed by atoms with Crippen molar-refractivity contribution in [3.63, 3.8) is 0 Å². The molecule has 1 radical (unpaired) electrons. The van der Waals surface area contributed by atoms with Gasteiger partial charge in [0.05, 0.1) is 0 Å². The van der Waals surface area contributed by atoms with E-state index in [0.717, 1.165) is 0 Å². The van der Waals surface area contributed by atoms with Crippen LogP contribution in [0.25, 0.3) is 0 Å². The quantitative estimate of drug-likeness (QED) is 0.494. The fourth-order valence-electron chi connectivity index (χ4n) is 0. The molecule has 0 unspecified atom stereocenters. The van der Waals surface area contributed by atoms with Gasteiger partial charge in [0.15, 0.2) is 0 Å². The summed E-state index contributed by atoms with van der Waals surface area (Å²) in [4.78, 5) is 0. The minimum atomic E-state index is 0. The molecule has 0 rings (SSSR count). The van der Waals surface area contributed by atoms with E-state index in [1.807, 2.05) is 0 Å². The Morgan fingerprint density at radius 3 is 1.60 bits per heavy atom. The Kier molecular flexibility index (Phi) is 53.9. The zero-order chi connectivity index (χ0) is 2.71. The summed E-state index contributed by atoms with van der Waals surface area (Å²) in [6, 6.07) is 0. The van der Waals surface area contributed by atoms with E-state index in [1.54, 1.807) is 4.37 Å². The first-order chi connectivity index (χ1) is 1.41. The molecule has 0 saturated carbocycles. The summed E-state index contributed by atoms with van der Waals surface area (Å²) in [5, 5.41) is 7.32. The minimum Gasteiger partial charge on any atom is 0 e. The van der Waals surface area contributed by atoms with Crippen LogP contribution in [0, 0.1) is 9.64 Å². The molecule has 1 nitrogen and oxygen atoms in total. The Hall–Kier alpha value is 1.81. The van der Waals surface area contributed by atoms with Crippen LogP contribution in [0.15, 0.2) is 0 Å². The van der Waals surface area contributed by atoms with Gasteiger partial charge in [-0.2, -0.15) is 0 Å². The summed E-state index contributed by atoms with van der Waals surface area (Å²) < 4.78 is 1.75. The van der Waals surface area contributed by atoms with Crippen molar-refractivity contribution in [3.8, 4) is 4.37 Å². The van der Waals surface area contributed by atoms with Crippen molar-refractivity contribution in [1.29, 1.82) is 5.26 Å². The van der Waals surface area contributed by atoms with Gasteiger partial charge in [-0.05, 0) is 0 Å². The molecule has 0 heterocycles. The zero-order valence-electron chi connectivity index (χ0n) is 2.39. The van der Waals surface area contributed by atoms with Gasteiger partial charge in [0, 0.05) is 48.2 Å². The van der Waals surface area contributed by atoms with Crippen LogP contribution in [-0.4, -0.2) is 0 Å². The van der Waals surface area contributed by atoms with Gasteiger partial charge in [0.2, 0.25) is 0 Å². The second-order valence-electron chi connectivity index (χ2n) is 0.112. The molecule has 0 amide bonds. The third-order valence-corrected chi connectivity index (χ3v) is 0. The zero-order valence-corrected chi connectivity index (χ0v) is 10.8. The number of hydrogen-bond acceptors (Lipinski definition) is 1. The monoisotopic (exact) mass is 435 g/mol. The molecule has 0 aliphatic heterocycles. The summed E-state index contributed by atoms with van der Waals surface area (Å²) in [6.07, 6.45) is 0. The molecule has 0 aliphatic rings. The van der Waals surface area contributed by atoms with E-state index in [0.29, 0.717) is 0 Å². The molecule has 0 aromatic rings. The third-order valence-electron chi connectivity index (χ3n) is 0. The van der Waals surface area contributed by atoms with Crippen LogP contribution in [0.4, 0.5) is 0 Å². The number of nitriles is 1. The van der Waals surface area contributed by atoms with Crippen LogP contribution in [0.5, 0.6) is 0 Å². The molecule has 0 fully saturated rings. The number of rotatable bonds is 0. The predicted octanol–water partition coefficient (Wildman–Crippen LogP) is 0.00928. The van der Waals surface area contributed by atoms with Gasteiger partial charge >= 0.3 is 30.1 Å². The molecule has 0 aromatic heterocycles. The summed E-state index contributed by atoms with van der Waals surface area (Å²) in [5.41, 5.74) is 0. The molecule has 0 bridgehead atoms. The second kappa shape index (κ2) is 17.0. The Morgan fingerprint density at radius 2 is 1.60 bits per heavy atom. The number of nitrogens with zero attached hydrogens (tertiary/aromatic N) is 1. The van der Waals surface area contributed by atoms with Crippen molar-refractivity contribution in [2.75, 3.05) is 0 Å². The van der Waals surface area contributed by atoms with Crippen LogP contribution in [-0.2, 0) is 68.7 Å². The third kappa shape index (κ3) is 25.7. The topological polar surface area (TPSA) is 23.8 Å². The van der Waals surface area contributed by atoms with Gasteiger partial charge < -0.3 is 0 Å². The molecule has 0 saturated heterocycles. The molecule has 0 spiro atoms. The summed E-state index contributed by atoms with van der Waals surface area (Å²) >= 11 is 1.43. The van der Waals surface area contributed by atoms with Gasteiger partial charge in [-0.1, -0.05) is 0 Å². The molecule has 0 N–H and O–H groups in total.